The molecule has 1 rings (SSSR count). The van der Waals surface area contributed by atoms with Crippen molar-refractivity contribution in [3.63, 3.8) is 0 Å². The zero-order valence-corrected chi connectivity index (χ0v) is 11.1. The molecule has 18 heavy (non-hydrogen) atoms. The number of nitrogens with one attached hydrogen (secondary N) is 1. The maximum Gasteiger partial charge on any atom is 0.231 e. The van der Waals surface area contributed by atoms with Gasteiger partial charge in [0.1, 0.15) is 5.92 Å². The van der Waals surface area contributed by atoms with Gasteiger partial charge in [-0.05, 0) is 24.7 Å². The summed E-state index contributed by atoms with van der Waals surface area (Å²) in [6.07, 6.45) is 1.97. The predicted molar refractivity (Wildman–Crippen MR) is 68.3 cm³/mol. The van der Waals surface area contributed by atoms with E-state index in [0.29, 0.717) is 12.5 Å². The lowest BCUT2D eigenvalue weighted by atomic mass is 9.93. The number of nitrogens with two attached hydrogens (primary N) is 1. The van der Waals surface area contributed by atoms with E-state index in [1.807, 2.05) is 13.8 Å². The lowest BCUT2D eigenvalue weighted by Gasteiger charge is -2.19. The van der Waals surface area contributed by atoms with Gasteiger partial charge in [-0.25, -0.2) is 0 Å². The van der Waals surface area contributed by atoms with Gasteiger partial charge < -0.3 is 21.0 Å². The fourth-order valence-corrected chi connectivity index (χ4v) is 2.16. The maximum atomic E-state index is 11.9. The van der Waals surface area contributed by atoms with Crippen molar-refractivity contribution in [3.8, 4) is 0 Å². The topological polar surface area (TPSA) is 96.9 Å². The molecule has 1 aliphatic rings. The van der Waals surface area contributed by atoms with Gasteiger partial charge >= 0.3 is 0 Å². The number of rotatable bonds is 6. The first-order valence-electron chi connectivity index (χ1n) is 6.39. The maximum absolute atomic E-state index is 11.9. The summed E-state index contributed by atoms with van der Waals surface area (Å²) in [5, 5.41) is 14.4. The highest BCUT2D eigenvalue weighted by Gasteiger charge is 2.26. The molecule has 6 heteroatoms. The number of carbonyl (C=O) groups is 1. The summed E-state index contributed by atoms with van der Waals surface area (Å²) in [5.41, 5.74) is 5.53. The average molecular weight is 257 g/mol. The van der Waals surface area contributed by atoms with Crippen molar-refractivity contribution in [1.82, 2.24) is 5.32 Å². The number of hydrogen-bond donors (Lipinski definition) is 3. The first kappa shape index (κ1) is 14.8. The van der Waals surface area contributed by atoms with Crippen LogP contribution < -0.4 is 11.1 Å². The summed E-state index contributed by atoms with van der Waals surface area (Å²) in [7, 11) is 0. The van der Waals surface area contributed by atoms with E-state index in [2.05, 4.69) is 10.5 Å². The van der Waals surface area contributed by atoms with Gasteiger partial charge in [0.05, 0.1) is 0 Å². The molecule has 0 saturated carbocycles. The number of hydrogen-bond acceptors (Lipinski definition) is 4. The van der Waals surface area contributed by atoms with Crippen LogP contribution in [0.4, 0.5) is 0 Å². The molecular formula is C12H23N3O3. The Morgan fingerprint density at radius 2 is 2.33 bits per heavy atom. The first-order chi connectivity index (χ1) is 8.56. The number of amides is 1. The van der Waals surface area contributed by atoms with Gasteiger partial charge in [-0.1, -0.05) is 19.0 Å². The molecular weight excluding hydrogens is 234 g/mol. The van der Waals surface area contributed by atoms with Crippen LogP contribution in [0.1, 0.15) is 26.7 Å². The number of oxime groups is 1. The quantitative estimate of drug-likeness (QED) is 0.280. The van der Waals surface area contributed by atoms with Crippen LogP contribution in [0.5, 0.6) is 0 Å². The summed E-state index contributed by atoms with van der Waals surface area (Å²) >= 11 is 0. The molecule has 1 heterocycles. The molecule has 0 aromatic rings. The van der Waals surface area contributed by atoms with Crippen LogP contribution in [0.3, 0.4) is 0 Å². The van der Waals surface area contributed by atoms with Crippen LogP contribution in [-0.2, 0) is 9.53 Å². The van der Waals surface area contributed by atoms with E-state index in [4.69, 9.17) is 15.7 Å². The van der Waals surface area contributed by atoms with E-state index in [1.54, 1.807) is 0 Å². The van der Waals surface area contributed by atoms with Gasteiger partial charge in [-0.15, -0.1) is 0 Å². The highest BCUT2D eigenvalue weighted by molar-refractivity contribution is 6.02. The van der Waals surface area contributed by atoms with Crippen LogP contribution in [0.2, 0.25) is 0 Å². The van der Waals surface area contributed by atoms with Crippen LogP contribution in [0.25, 0.3) is 0 Å². The highest BCUT2D eigenvalue weighted by atomic mass is 16.5. The minimum absolute atomic E-state index is 0.00397. The number of amidine groups is 1. The summed E-state index contributed by atoms with van der Waals surface area (Å²) < 4.78 is 5.27. The Hall–Kier alpha value is -1.30. The number of nitrogens with zero attached hydrogens (tertiary/aromatic N) is 1. The zero-order chi connectivity index (χ0) is 13.5. The van der Waals surface area contributed by atoms with E-state index in [9.17, 15) is 4.79 Å². The summed E-state index contributed by atoms with van der Waals surface area (Å²) in [4.78, 5) is 11.9. The lowest BCUT2D eigenvalue weighted by Crippen LogP contribution is -2.42. The van der Waals surface area contributed by atoms with Crippen molar-refractivity contribution in [2.45, 2.75) is 26.7 Å². The van der Waals surface area contributed by atoms with E-state index >= 15 is 0 Å². The second-order valence-electron chi connectivity index (χ2n) is 5.06. The molecule has 0 aromatic carbocycles. The molecule has 0 radical (unpaired) electrons. The molecule has 0 bridgehead atoms. The second-order valence-corrected chi connectivity index (χ2v) is 5.06. The summed E-state index contributed by atoms with van der Waals surface area (Å²) in [6, 6.07) is 0. The van der Waals surface area contributed by atoms with Gasteiger partial charge in [0.15, 0.2) is 5.84 Å². The molecule has 104 valence electrons. The Labute approximate surface area is 108 Å². The molecule has 1 saturated heterocycles. The third-order valence-corrected chi connectivity index (χ3v) is 3.26. The van der Waals surface area contributed by atoms with E-state index in [0.717, 1.165) is 26.1 Å². The molecule has 2 atom stereocenters. The van der Waals surface area contributed by atoms with Gasteiger partial charge in [0.2, 0.25) is 5.91 Å². The molecule has 4 N–H and O–H groups in total. The normalized spacial score (nSPS) is 22.2. The number of carbonyl (C=O) groups excluding carboxylic acids is 1. The SMILES string of the molecule is CC(C)C(C(=O)NCCC1CCOC1)C(N)=NO. The first-order valence-corrected chi connectivity index (χ1v) is 6.39. The van der Waals surface area contributed by atoms with Crippen LogP contribution >= 0.6 is 0 Å². The standard InChI is InChI=1S/C12H23N3O3/c1-8(2)10(11(13)15-17)12(16)14-5-3-9-4-6-18-7-9/h8-10,17H,3-7H2,1-2H3,(H2,13,15)(H,14,16). The minimum atomic E-state index is -0.574. The van der Waals surface area contributed by atoms with E-state index in [-0.39, 0.29) is 17.7 Å². The van der Waals surface area contributed by atoms with Gasteiger partial charge in [0, 0.05) is 19.8 Å². The van der Waals surface area contributed by atoms with Crippen molar-refractivity contribution in [2.75, 3.05) is 19.8 Å². The van der Waals surface area contributed by atoms with Crippen molar-refractivity contribution in [1.29, 1.82) is 0 Å². The largest absolute Gasteiger partial charge is 0.409 e. The Morgan fingerprint density at radius 3 is 2.83 bits per heavy atom. The zero-order valence-electron chi connectivity index (χ0n) is 11.1. The van der Waals surface area contributed by atoms with Crippen LogP contribution in [0.15, 0.2) is 5.16 Å². The molecule has 0 spiro atoms. The highest BCUT2D eigenvalue weighted by Crippen LogP contribution is 2.16. The smallest absolute Gasteiger partial charge is 0.231 e. The predicted octanol–water partition coefficient (Wildman–Crippen LogP) is 0.548. The van der Waals surface area contributed by atoms with Gasteiger partial charge in [-0.2, -0.15) is 0 Å². The van der Waals surface area contributed by atoms with Crippen LogP contribution in [0, 0.1) is 17.8 Å². The molecule has 2 unspecified atom stereocenters. The van der Waals surface area contributed by atoms with E-state index in [1.165, 1.54) is 0 Å². The van der Waals surface area contributed by atoms with Crippen molar-refractivity contribution < 1.29 is 14.7 Å². The van der Waals surface area contributed by atoms with E-state index < -0.39 is 5.92 Å². The second kappa shape index (κ2) is 7.20. The molecule has 1 amide bonds. The fourth-order valence-electron chi connectivity index (χ4n) is 2.16. The Kier molecular flexibility index (Phi) is 5.91. The summed E-state index contributed by atoms with van der Waals surface area (Å²) in [6.45, 7) is 5.94. The molecule has 1 fully saturated rings. The number of ether oxygens (including phenoxy) is 1. The Balaban J connectivity index is 2.37. The molecule has 1 aliphatic heterocycles. The van der Waals surface area contributed by atoms with Crippen molar-refractivity contribution in [2.24, 2.45) is 28.6 Å². The molecule has 0 aliphatic carbocycles. The third kappa shape index (κ3) is 4.18. The average Bonchev–Trinajstić information content (AvgIpc) is 2.81. The monoisotopic (exact) mass is 257 g/mol. The lowest BCUT2D eigenvalue weighted by molar-refractivity contribution is -0.124. The Bertz CT molecular complexity index is 299. The van der Waals surface area contributed by atoms with Gasteiger partial charge in [-0.3, -0.25) is 4.79 Å². The summed E-state index contributed by atoms with van der Waals surface area (Å²) in [5.74, 6) is -0.261. The fraction of sp³-hybridized carbons (Fsp3) is 0.833. The minimum Gasteiger partial charge on any atom is -0.409 e. The van der Waals surface area contributed by atoms with Crippen molar-refractivity contribution in [3.05, 3.63) is 0 Å². The van der Waals surface area contributed by atoms with Crippen molar-refractivity contribution >= 4 is 11.7 Å². The Morgan fingerprint density at radius 1 is 1.61 bits per heavy atom. The third-order valence-electron chi connectivity index (χ3n) is 3.26. The molecule has 0 aromatic heterocycles. The van der Waals surface area contributed by atoms with Crippen LogP contribution in [-0.4, -0.2) is 36.7 Å². The molecule has 6 nitrogen and oxygen atoms in total. The van der Waals surface area contributed by atoms with Gasteiger partial charge in [0.25, 0.3) is 0 Å².